The molecule has 2 unspecified atom stereocenters. The lowest BCUT2D eigenvalue weighted by molar-refractivity contribution is -0.120. The monoisotopic (exact) mass is 237 g/mol. The molecule has 0 amide bonds. The third-order valence-electron chi connectivity index (χ3n) is 3.73. The molecule has 0 spiro atoms. The van der Waals surface area contributed by atoms with Crippen molar-refractivity contribution in [2.75, 3.05) is 4.90 Å². The molecule has 3 rings (SSSR count). The van der Waals surface area contributed by atoms with E-state index in [2.05, 4.69) is 0 Å². The first-order chi connectivity index (χ1) is 8.15. The SMILES string of the molecule is O=C1CC2CCC(C1)N2c1ccc(F)cc1F. The number of hydrogen-bond donors (Lipinski definition) is 0. The number of carbonyl (C=O) groups is 1. The number of Topliss-reactive ketones (excluding diaryl/α,β-unsaturated/α-hetero) is 1. The van der Waals surface area contributed by atoms with Crippen molar-refractivity contribution in [2.24, 2.45) is 0 Å². The van der Waals surface area contributed by atoms with E-state index < -0.39 is 11.6 Å². The highest BCUT2D eigenvalue weighted by atomic mass is 19.1. The number of halogens is 2. The standard InChI is InChI=1S/C13H13F2NO/c14-8-1-4-13(12(15)5-8)16-9-2-3-10(16)7-11(17)6-9/h1,4-5,9-10H,2-3,6-7H2. The Bertz CT molecular complexity index is 458. The molecule has 0 saturated carbocycles. The summed E-state index contributed by atoms with van der Waals surface area (Å²) in [5, 5.41) is 0. The van der Waals surface area contributed by atoms with E-state index in [1.54, 1.807) is 0 Å². The third-order valence-corrected chi connectivity index (χ3v) is 3.73. The molecule has 0 N–H and O–H groups in total. The Morgan fingerprint density at radius 1 is 1.12 bits per heavy atom. The highest BCUT2D eigenvalue weighted by Crippen LogP contribution is 2.38. The number of rotatable bonds is 1. The fraction of sp³-hybridized carbons (Fsp3) is 0.462. The van der Waals surface area contributed by atoms with Gasteiger partial charge in [0.2, 0.25) is 0 Å². The number of benzene rings is 1. The molecule has 2 heterocycles. The number of anilines is 1. The first-order valence-corrected chi connectivity index (χ1v) is 5.90. The van der Waals surface area contributed by atoms with Crippen molar-refractivity contribution in [3.05, 3.63) is 29.8 Å². The van der Waals surface area contributed by atoms with Crippen molar-refractivity contribution >= 4 is 11.5 Å². The number of carbonyl (C=O) groups excluding carboxylic acids is 1. The van der Waals surface area contributed by atoms with Gasteiger partial charge < -0.3 is 4.90 Å². The minimum absolute atomic E-state index is 0.0983. The first kappa shape index (κ1) is 10.7. The molecule has 2 atom stereocenters. The van der Waals surface area contributed by atoms with Gasteiger partial charge in [0, 0.05) is 31.0 Å². The Balaban J connectivity index is 1.97. The second-order valence-electron chi connectivity index (χ2n) is 4.83. The quantitative estimate of drug-likeness (QED) is 0.748. The van der Waals surface area contributed by atoms with Gasteiger partial charge in [-0.3, -0.25) is 4.79 Å². The molecule has 0 aromatic heterocycles. The molecule has 2 saturated heterocycles. The molecule has 4 heteroatoms. The summed E-state index contributed by atoms with van der Waals surface area (Å²) in [5.41, 5.74) is 0.436. The van der Waals surface area contributed by atoms with E-state index >= 15 is 0 Å². The van der Waals surface area contributed by atoms with Crippen LogP contribution in [-0.2, 0) is 4.79 Å². The van der Waals surface area contributed by atoms with E-state index in [1.807, 2.05) is 4.90 Å². The highest BCUT2D eigenvalue weighted by molar-refractivity contribution is 5.83. The largest absolute Gasteiger partial charge is 0.362 e. The van der Waals surface area contributed by atoms with Crippen LogP contribution in [0.2, 0.25) is 0 Å². The maximum atomic E-state index is 13.7. The van der Waals surface area contributed by atoms with Gasteiger partial charge in [0.1, 0.15) is 17.4 Å². The van der Waals surface area contributed by atoms with Crippen molar-refractivity contribution in [1.29, 1.82) is 0 Å². The van der Waals surface area contributed by atoms with E-state index in [4.69, 9.17) is 0 Å². The predicted octanol–water partition coefficient (Wildman–Crippen LogP) is 2.67. The molecule has 0 radical (unpaired) electrons. The Kier molecular flexibility index (Phi) is 2.38. The fourth-order valence-corrected chi connectivity index (χ4v) is 3.05. The molecule has 2 aliphatic heterocycles. The van der Waals surface area contributed by atoms with Gasteiger partial charge in [0.05, 0.1) is 5.69 Å². The fourth-order valence-electron chi connectivity index (χ4n) is 3.05. The average Bonchev–Trinajstić information content (AvgIpc) is 2.53. The Hall–Kier alpha value is -1.45. The summed E-state index contributed by atoms with van der Waals surface area (Å²) in [4.78, 5) is 13.4. The van der Waals surface area contributed by atoms with E-state index in [1.165, 1.54) is 12.1 Å². The van der Waals surface area contributed by atoms with Gasteiger partial charge in [-0.2, -0.15) is 0 Å². The molecular formula is C13H13F2NO. The van der Waals surface area contributed by atoms with Crippen molar-refractivity contribution in [2.45, 2.75) is 37.8 Å². The molecule has 17 heavy (non-hydrogen) atoms. The van der Waals surface area contributed by atoms with Crippen LogP contribution in [-0.4, -0.2) is 17.9 Å². The van der Waals surface area contributed by atoms with E-state index in [0.717, 1.165) is 18.9 Å². The van der Waals surface area contributed by atoms with Crippen LogP contribution in [0.25, 0.3) is 0 Å². The molecule has 2 nitrogen and oxygen atoms in total. The van der Waals surface area contributed by atoms with Crippen LogP contribution < -0.4 is 4.90 Å². The van der Waals surface area contributed by atoms with Crippen LogP contribution in [0.1, 0.15) is 25.7 Å². The van der Waals surface area contributed by atoms with E-state index in [0.29, 0.717) is 18.5 Å². The predicted molar refractivity (Wildman–Crippen MR) is 59.9 cm³/mol. The van der Waals surface area contributed by atoms with Gasteiger partial charge in [0.25, 0.3) is 0 Å². The zero-order chi connectivity index (χ0) is 12.0. The van der Waals surface area contributed by atoms with Crippen LogP contribution in [0.4, 0.5) is 14.5 Å². The van der Waals surface area contributed by atoms with Gasteiger partial charge in [0.15, 0.2) is 0 Å². The lowest BCUT2D eigenvalue weighted by Crippen LogP contribution is -2.43. The molecule has 1 aromatic carbocycles. The normalized spacial score (nSPS) is 27.6. The summed E-state index contributed by atoms with van der Waals surface area (Å²) in [6, 6.07) is 3.85. The summed E-state index contributed by atoms with van der Waals surface area (Å²) in [6.07, 6.45) is 2.83. The average molecular weight is 237 g/mol. The molecule has 2 fully saturated rings. The van der Waals surface area contributed by atoms with Gasteiger partial charge in [-0.25, -0.2) is 8.78 Å². The smallest absolute Gasteiger partial charge is 0.149 e. The zero-order valence-corrected chi connectivity index (χ0v) is 9.33. The maximum absolute atomic E-state index is 13.7. The lowest BCUT2D eigenvalue weighted by atomic mass is 10.0. The highest BCUT2D eigenvalue weighted by Gasteiger charge is 2.40. The topological polar surface area (TPSA) is 20.3 Å². The summed E-state index contributed by atoms with van der Waals surface area (Å²) in [5.74, 6) is -0.834. The van der Waals surface area contributed by atoms with Crippen LogP contribution in [0.3, 0.4) is 0 Å². The van der Waals surface area contributed by atoms with Gasteiger partial charge in [-0.15, -0.1) is 0 Å². The summed E-state index contributed by atoms with van der Waals surface area (Å²) >= 11 is 0. The molecule has 2 bridgehead atoms. The van der Waals surface area contributed by atoms with Crippen LogP contribution >= 0.6 is 0 Å². The van der Waals surface area contributed by atoms with Crippen LogP contribution in [0.15, 0.2) is 18.2 Å². The number of nitrogens with zero attached hydrogens (tertiary/aromatic N) is 1. The van der Waals surface area contributed by atoms with Crippen molar-refractivity contribution in [3.8, 4) is 0 Å². The zero-order valence-electron chi connectivity index (χ0n) is 9.33. The molecular weight excluding hydrogens is 224 g/mol. The van der Waals surface area contributed by atoms with Gasteiger partial charge in [-0.1, -0.05) is 0 Å². The summed E-state index contributed by atoms with van der Waals surface area (Å²) in [7, 11) is 0. The van der Waals surface area contributed by atoms with Crippen LogP contribution in [0, 0.1) is 11.6 Å². The van der Waals surface area contributed by atoms with Crippen molar-refractivity contribution < 1.29 is 13.6 Å². The number of hydrogen-bond acceptors (Lipinski definition) is 2. The summed E-state index contributed by atoms with van der Waals surface area (Å²) in [6.45, 7) is 0. The molecule has 0 aliphatic carbocycles. The van der Waals surface area contributed by atoms with E-state index in [-0.39, 0.29) is 17.9 Å². The third kappa shape index (κ3) is 1.72. The van der Waals surface area contributed by atoms with Crippen molar-refractivity contribution in [1.82, 2.24) is 0 Å². The van der Waals surface area contributed by atoms with Gasteiger partial charge in [-0.05, 0) is 25.0 Å². The van der Waals surface area contributed by atoms with Crippen molar-refractivity contribution in [3.63, 3.8) is 0 Å². The van der Waals surface area contributed by atoms with Gasteiger partial charge >= 0.3 is 0 Å². The second-order valence-corrected chi connectivity index (χ2v) is 4.83. The first-order valence-electron chi connectivity index (χ1n) is 5.90. The summed E-state index contributed by atoms with van der Waals surface area (Å²) < 4.78 is 26.6. The molecule has 2 aliphatic rings. The maximum Gasteiger partial charge on any atom is 0.149 e. The Morgan fingerprint density at radius 3 is 2.35 bits per heavy atom. The second kappa shape index (κ2) is 3.79. The number of fused-ring (bicyclic) bond motifs is 2. The lowest BCUT2D eigenvalue weighted by Gasteiger charge is -2.36. The Labute approximate surface area is 98.2 Å². The minimum atomic E-state index is -0.563. The number of piperidine rings is 1. The molecule has 90 valence electrons. The minimum Gasteiger partial charge on any atom is -0.362 e. The number of ketones is 1. The Morgan fingerprint density at radius 2 is 1.76 bits per heavy atom. The van der Waals surface area contributed by atoms with E-state index in [9.17, 15) is 13.6 Å². The molecule has 1 aromatic rings. The van der Waals surface area contributed by atoms with Crippen LogP contribution in [0.5, 0.6) is 0 Å².